The van der Waals surface area contributed by atoms with Crippen LogP contribution in [0.25, 0.3) is 6.08 Å². The van der Waals surface area contributed by atoms with Crippen LogP contribution in [0.1, 0.15) is 23.7 Å². The molecule has 0 unspecified atom stereocenters. The molecule has 3 nitrogen and oxygen atoms in total. The number of hydrogen-bond donors (Lipinski definition) is 2. The summed E-state index contributed by atoms with van der Waals surface area (Å²) in [6.45, 7) is 0. The Kier molecular flexibility index (Phi) is 8.03. The molecule has 0 aromatic heterocycles. The van der Waals surface area contributed by atoms with Crippen molar-refractivity contribution in [2.24, 2.45) is 5.92 Å². The molecule has 0 heterocycles. The van der Waals surface area contributed by atoms with Gasteiger partial charge in [0.2, 0.25) is 5.91 Å². The third kappa shape index (κ3) is 6.52. The van der Waals surface area contributed by atoms with Gasteiger partial charge >= 0.3 is 0 Å². The fourth-order valence-corrected chi connectivity index (χ4v) is 3.58. The molecular formula is C24H21BrINO2. The standard InChI is InChI=1S/C24H21BrINO2/c25-19-11-9-18(10-12-19)23(28)22(8-4-7-17-5-2-1-3-6-17)24(29)27-21-15-13-20(26)14-16-21/h1-7,9-16,22-23,28H,8H2,(H,27,29)/b7-4+/t22-,23+/m1/s1. The smallest absolute Gasteiger partial charge is 0.230 e. The van der Waals surface area contributed by atoms with Gasteiger partial charge < -0.3 is 10.4 Å². The number of carbonyl (C=O) groups is 1. The van der Waals surface area contributed by atoms with Crippen molar-refractivity contribution in [3.8, 4) is 0 Å². The monoisotopic (exact) mass is 561 g/mol. The zero-order chi connectivity index (χ0) is 20.6. The van der Waals surface area contributed by atoms with E-state index in [1.165, 1.54) is 0 Å². The summed E-state index contributed by atoms with van der Waals surface area (Å²) in [5.74, 6) is -0.824. The fraction of sp³-hybridized carbons (Fsp3) is 0.125. The molecule has 0 aliphatic carbocycles. The van der Waals surface area contributed by atoms with Gasteiger partial charge in [-0.3, -0.25) is 4.79 Å². The highest BCUT2D eigenvalue weighted by atomic mass is 127. The number of nitrogens with one attached hydrogen (secondary N) is 1. The van der Waals surface area contributed by atoms with Gasteiger partial charge in [-0.25, -0.2) is 0 Å². The first kappa shape index (κ1) is 21.7. The minimum atomic E-state index is -0.910. The normalized spacial score (nSPS) is 13.2. The first-order valence-electron chi connectivity index (χ1n) is 9.24. The molecule has 0 aliphatic rings. The van der Waals surface area contributed by atoms with E-state index in [1.54, 1.807) is 0 Å². The fourth-order valence-electron chi connectivity index (χ4n) is 2.95. The van der Waals surface area contributed by atoms with E-state index in [2.05, 4.69) is 43.8 Å². The zero-order valence-corrected chi connectivity index (χ0v) is 19.4. The van der Waals surface area contributed by atoms with E-state index in [9.17, 15) is 9.90 Å². The van der Waals surface area contributed by atoms with Gasteiger partial charge in [-0.2, -0.15) is 0 Å². The SMILES string of the molecule is O=C(Nc1ccc(I)cc1)[C@H](C/C=C/c1ccccc1)[C@@H](O)c1ccc(Br)cc1. The van der Waals surface area contributed by atoms with Crippen LogP contribution in [-0.4, -0.2) is 11.0 Å². The van der Waals surface area contributed by atoms with E-state index in [4.69, 9.17) is 0 Å². The van der Waals surface area contributed by atoms with Crippen molar-refractivity contribution in [3.05, 3.63) is 104 Å². The number of aliphatic hydroxyl groups excluding tert-OH is 1. The van der Waals surface area contributed by atoms with Crippen LogP contribution < -0.4 is 5.32 Å². The van der Waals surface area contributed by atoms with Gasteiger partial charge in [-0.05, 0) is 76.5 Å². The van der Waals surface area contributed by atoms with E-state index in [1.807, 2.05) is 91.0 Å². The second-order valence-corrected chi connectivity index (χ2v) is 8.81. The topological polar surface area (TPSA) is 49.3 Å². The Morgan fingerprint density at radius 3 is 2.31 bits per heavy atom. The highest BCUT2D eigenvalue weighted by Crippen LogP contribution is 2.28. The summed E-state index contributed by atoms with van der Waals surface area (Å²) in [6, 6.07) is 24.9. The van der Waals surface area contributed by atoms with Crippen molar-refractivity contribution < 1.29 is 9.90 Å². The molecule has 0 saturated carbocycles. The Bertz CT molecular complexity index is 956. The Balaban J connectivity index is 1.79. The number of anilines is 1. The van der Waals surface area contributed by atoms with Gasteiger partial charge in [0, 0.05) is 13.7 Å². The Hall–Kier alpha value is -1.96. The van der Waals surface area contributed by atoms with Crippen molar-refractivity contribution >= 4 is 56.2 Å². The molecule has 2 atom stereocenters. The first-order valence-corrected chi connectivity index (χ1v) is 11.1. The van der Waals surface area contributed by atoms with Crippen molar-refractivity contribution in [1.82, 2.24) is 0 Å². The third-order valence-corrected chi connectivity index (χ3v) is 5.79. The number of amides is 1. The second-order valence-electron chi connectivity index (χ2n) is 6.65. The lowest BCUT2D eigenvalue weighted by atomic mass is 9.91. The van der Waals surface area contributed by atoms with Crippen LogP contribution in [0.2, 0.25) is 0 Å². The summed E-state index contributed by atoms with van der Waals surface area (Å²) >= 11 is 5.63. The van der Waals surface area contributed by atoms with Crippen LogP contribution >= 0.6 is 38.5 Å². The molecule has 148 valence electrons. The Morgan fingerprint density at radius 2 is 1.66 bits per heavy atom. The molecule has 29 heavy (non-hydrogen) atoms. The summed E-state index contributed by atoms with van der Waals surface area (Å²) in [7, 11) is 0. The Labute approximate surface area is 193 Å². The van der Waals surface area contributed by atoms with Crippen LogP contribution in [0.4, 0.5) is 5.69 Å². The average molecular weight is 562 g/mol. The van der Waals surface area contributed by atoms with Crippen molar-refractivity contribution in [2.45, 2.75) is 12.5 Å². The number of benzene rings is 3. The molecule has 0 radical (unpaired) electrons. The summed E-state index contributed by atoms with van der Waals surface area (Å²) in [5, 5.41) is 13.9. The zero-order valence-electron chi connectivity index (χ0n) is 15.6. The number of carbonyl (C=O) groups excluding carboxylic acids is 1. The molecule has 0 saturated heterocycles. The van der Waals surface area contributed by atoms with Gasteiger partial charge in [-0.15, -0.1) is 0 Å². The molecule has 3 rings (SSSR count). The molecule has 0 aliphatic heterocycles. The molecular weight excluding hydrogens is 541 g/mol. The molecule has 3 aromatic rings. The van der Waals surface area contributed by atoms with E-state index in [-0.39, 0.29) is 5.91 Å². The van der Waals surface area contributed by atoms with Gasteiger partial charge in [0.1, 0.15) is 0 Å². The minimum Gasteiger partial charge on any atom is -0.388 e. The second kappa shape index (κ2) is 10.7. The van der Waals surface area contributed by atoms with Crippen LogP contribution in [0.5, 0.6) is 0 Å². The van der Waals surface area contributed by atoms with Crippen molar-refractivity contribution in [1.29, 1.82) is 0 Å². The lowest BCUT2D eigenvalue weighted by molar-refractivity contribution is -0.123. The van der Waals surface area contributed by atoms with Gasteiger partial charge in [0.25, 0.3) is 0 Å². The number of allylic oxidation sites excluding steroid dienone is 1. The molecule has 0 spiro atoms. The van der Waals surface area contributed by atoms with E-state index >= 15 is 0 Å². The summed E-state index contributed by atoms with van der Waals surface area (Å²) < 4.78 is 2.02. The maximum atomic E-state index is 13.0. The van der Waals surface area contributed by atoms with E-state index < -0.39 is 12.0 Å². The molecule has 3 aromatic carbocycles. The number of halogens is 2. The van der Waals surface area contributed by atoms with Gasteiger partial charge in [0.05, 0.1) is 12.0 Å². The highest BCUT2D eigenvalue weighted by Gasteiger charge is 2.27. The number of rotatable bonds is 7. The number of hydrogen-bond acceptors (Lipinski definition) is 2. The van der Waals surface area contributed by atoms with Crippen LogP contribution in [0, 0.1) is 9.49 Å². The summed E-state index contributed by atoms with van der Waals surface area (Å²) in [6.07, 6.45) is 3.42. The summed E-state index contributed by atoms with van der Waals surface area (Å²) in [5.41, 5.74) is 2.49. The molecule has 2 N–H and O–H groups in total. The van der Waals surface area contributed by atoms with Gasteiger partial charge in [-0.1, -0.05) is 70.5 Å². The van der Waals surface area contributed by atoms with Crippen LogP contribution in [0.3, 0.4) is 0 Å². The van der Waals surface area contributed by atoms with E-state index in [0.29, 0.717) is 12.0 Å². The largest absolute Gasteiger partial charge is 0.388 e. The first-order chi connectivity index (χ1) is 14.0. The third-order valence-electron chi connectivity index (χ3n) is 4.54. The summed E-state index contributed by atoms with van der Waals surface area (Å²) in [4.78, 5) is 13.0. The molecule has 0 bridgehead atoms. The van der Waals surface area contributed by atoms with Crippen molar-refractivity contribution in [3.63, 3.8) is 0 Å². The lowest BCUT2D eigenvalue weighted by Gasteiger charge is -2.22. The number of aliphatic hydroxyl groups is 1. The van der Waals surface area contributed by atoms with Crippen molar-refractivity contribution in [2.75, 3.05) is 5.32 Å². The van der Waals surface area contributed by atoms with Crippen LogP contribution in [0.15, 0.2) is 89.4 Å². The molecule has 5 heteroatoms. The highest BCUT2D eigenvalue weighted by molar-refractivity contribution is 14.1. The van der Waals surface area contributed by atoms with Crippen LogP contribution in [-0.2, 0) is 4.79 Å². The quantitative estimate of drug-likeness (QED) is 0.326. The molecule has 1 amide bonds. The predicted molar refractivity (Wildman–Crippen MR) is 130 cm³/mol. The van der Waals surface area contributed by atoms with E-state index in [0.717, 1.165) is 19.3 Å². The maximum Gasteiger partial charge on any atom is 0.230 e. The predicted octanol–water partition coefficient (Wildman–Crippen LogP) is 6.45. The average Bonchev–Trinajstić information content (AvgIpc) is 2.73. The lowest BCUT2D eigenvalue weighted by Crippen LogP contribution is -2.28. The Morgan fingerprint density at radius 1 is 1.00 bits per heavy atom. The van der Waals surface area contributed by atoms with Gasteiger partial charge in [0.15, 0.2) is 0 Å². The molecule has 0 fully saturated rings. The minimum absolute atomic E-state index is 0.209. The maximum absolute atomic E-state index is 13.0.